The van der Waals surface area contributed by atoms with E-state index in [0.717, 1.165) is 35.0 Å². The van der Waals surface area contributed by atoms with Crippen molar-refractivity contribution in [2.24, 2.45) is 0 Å². The largest absolute Gasteiger partial charge is 0.313 e. The molecule has 1 aliphatic heterocycles. The van der Waals surface area contributed by atoms with Crippen molar-refractivity contribution in [3.8, 4) is 0 Å². The molecule has 0 aromatic heterocycles. The standard InChI is InChI=1S/C15H21Cl2NS/c1-2-7-18-14(15-4-3-8-19-15)10-11-9-12(16)5-6-13(11)17/h5-6,9,14-15,18H,2-4,7-8,10H2,1H3. The zero-order valence-electron chi connectivity index (χ0n) is 11.3. The monoisotopic (exact) mass is 317 g/mol. The van der Waals surface area contributed by atoms with Gasteiger partial charge in [0.2, 0.25) is 0 Å². The quantitative estimate of drug-likeness (QED) is 0.808. The van der Waals surface area contributed by atoms with Crippen molar-refractivity contribution >= 4 is 35.0 Å². The lowest BCUT2D eigenvalue weighted by atomic mass is 10.0. The predicted octanol–water partition coefficient (Wildman–Crippen LogP) is 4.80. The van der Waals surface area contributed by atoms with E-state index >= 15 is 0 Å². The smallest absolute Gasteiger partial charge is 0.0439 e. The van der Waals surface area contributed by atoms with Gasteiger partial charge in [-0.3, -0.25) is 0 Å². The molecule has 19 heavy (non-hydrogen) atoms. The Balaban J connectivity index is 2.07. The highest BCUT2D eigenvalue weighted by Crippen LogP contribution is 2.31. The maximum absolute atomic E-state index is 6.29. The van der Waals surface area contributed by atoms with Gasteiger partial charge in [0.05, 0.1) is 0 Å². The van der Waals surface area contributed by atoms with Gasteiger partial charge in [0, 0.05) is 21.3 Å². The number of halogens is 2. The Morgan fingerprint density at radius 2 is 2.26 bits per heavy atom. The zero-order valence-corrected chi connectivity index (χ0v) is 13.6. The van der Waals surface area contributed by atoms with Crippen LogP contribution in [0.25, 0.3) is 0 Å². The van der Waals surface area contributed by atoms with Crippen molar-refractivity contribution in [2.45, 2.75) is 43.9 Å². The van der Waals surface area contributed by atoms with Crippen molar-refractivity contribution in [1.82, 2.24) is 5.32 Å². The summed E-state index contributed by atoms with van der Waals surface area (Å²) >= 11 is 14.5. The Morgan fingerprint density at radius 1 is 1.42 bits per heavy atom. The molecule has 1 aromatic carbocycles. The molecule has 2 atom stereocenters. The topological polar surface area (TPSA) is 12.0 Å². The normalized spacial score (nSPS) is 20.7. The Bertz CT molecular complexity index is 405. The Morgan fingerprint density at radius 3 is 2.95 bits per heavy atom. The molecular formula is C15H21Cl2NS. The van der Waals surface area contributed by atoms with Gasteiger partial charge in [0.25, 0.3) is 0 Å². The molecule has 0 aliphatic carbocycles. The zero-order chi connectivity index (χ0) is 13.7. The highest BCUT2D eigenvalue weighted by molar-refractivity contribution is 8.00. The first-order chi connectivity index (χ1) is 9.20. The number of benzene rings is 1. The SMILES string of the molecule is CCCNC(Cc1cc(Cl)ccc1Cl)C1CCCS1. The van der Waals surface area contributed by atoms with Gasteiger partial charge in [-0.1, -0.05) is 30.1 Å². The minimum Gasteiger partial charge on any atom is -0.313 e. The van der Waals surface area contributed by atoms with Crippen LogP contribution in [0.1, 0.15) is 31.7 Å². The molecule has 0 radical (unpaired) electrons. The lowest BCUT2D eigenvalue weighted by Crippen LogP contribution is -2.39. The predicted molar refractivity (Wildman–Crippen MR) is 87.7 cm³/mol. The van der Waals surface area contributed by atoms with Crippen molar-refractivity contribution in [2.75, 3.05) is 12.3 Å². The van der Waals surface area contributed by atoms with Crippen molar-refractivity contribution in [1.29, 1.82) is 0 Å². The lowest BCUT2D eigenvalue weighted by Gasteiger charge is -2.24. The van der Waals surface area contributed by atoms with Gasteiger partial charge < -0.3 is 5.32 Å². The molecule has 1 saturated heterocycles. The van der Waals surface area contributed by atoms with E-state index in [2.05, 4.69) is 24.0 Å². The van der Waals surface area contributed by atoms with Crippen molar-refractivity contribution in [3.05, 3.63) is 33.8 Å². The lowest BCUT2D eigenvalue weighted by molar-refractivity contribution is 0.482. The molecule has 2 unspecified atom stereocenters. The van der Waals surface area contributed by atoms with Crippen LogP contribution >= 0.6 is 35.0 Å². The molecule has 1 N–H and O–H groups in total. The number of rotatable bonds is 6. The first-order valence-electron chi connectivity index (χ1n) is 6.99. The number of hydrogen-bond acceptors (Lipinski definition) is 2. The van der Waals surface area contributed by atoms with Crippen molar-refractivity contribution in [3.63, 3.8) is 0 Å². The van der Waals surface area contributed by atoms with Crippen LogP contribution in [0.5, 0.6) is 0 Å². The Hall–Kier alpha value is 0.110. The number of hydrogen-bond donors (Lipinski definition) is 1. The summed E-state index contributed by atoms with van der Waals surface area (Å²) in [6.07, 6.45) is 4.78. The number of thioether (sulfide) groups is 1. The van der Waals surface area contributed by atoms with E-state index in [-0.39, 0.29) is 0 Å². The average molecular weight is 318 g/mol. The highest BCUT2D eigenvalue weighted by atomic mass is 35.5. The minimum absolute atomic E-state index is 0.503. The van der Waals surface area contributed by atoms with Crippen LogP contribution in [0.3, 0.4) is 0 Å². The first kappa shape index (κ1) is 15.5. The fourth-order valence-electron chi connectivity index (χ4n) is 2.52. The third-order valence-electron chi connectivity index (χ3n) is 3.52. The van der Waals surface area contributed by atoms with E-state index in [1.54, 1.807) is 0 Å². The molecule has 1 nitrogen and oxygen atoms in total. The molecule has 2 rings (SSSR count). The van der Waals surface area contributed by atoms with E-state index in [1.165, 1.54) is 18.6 Å². The molecule has 0 amide bonds. The van der Waals surface area contributed by atoms with Crippen LogP contribution in [0.15, 0.2) is 18.2 Å². The van der Waals surface area contributed by atoms with E-state index in [1.807, 2.05) is 18.2 Å². The molecule has 4 heteroatoms. The molecule has 1 aliphatic rings. The van der Waals surface area contributed by atoms with E-state index in [9.17, 15) is 0 Å². The molecule has 106 valence electrons. The summed E-state index contributed by atoms with van der Waals surface area (Å²) in [6, 6.07) is 6.26. The first-order valence-corrected chi connectivity index (χ1v) is 8.80. The van der Waals surface area contributed by atoms with E-state index < -0.39 is 0 Å². The molecule has 1 aromatic rings. The molecule has 0 bridgehead atoms. The second kappa shape index (κ2) is 7.78. The molecule has 1 fully saturated rings. The fourth-order valence-corrected chi connectivity index (χ4v) is 4.30. The number of nitrogens with one attached hydrogen (secondary N) is 1. The summed E-state index contributed by atoms with van der Waals surface area (Å²) in [4.78, 5) is 0. The van der Waals surface area contributed by atoms with Gasteiger partial charge in [-0.05, 0) is 61.7 Å². The van der Waals surface area contributed by atoms with Crippen LogP contribution in [0.4, 0.5) is 0 Å². The second-order valence-electron chi connectivity index (χ2n) is 5.05. The second-order valence-corrected chi connectivity index (χ2v) is 7.24. The van der Waals surface area contributed by atoms with Crippen LogP contribution < -0.4 is 5.32 Å². The summed E-state index contributed by atoms with van der Waals surface area (Å²) in [5.74, 6) is 1.29. The van der Waals surface area contributed by atoms with Gasteiger partial charge >= 0.3 is 0 Å². The fraction of sp³-hybridized carbons (Fsp3) is 0.600. The minimum atomic E-state index is 0.503. The van der Waals surface area contributed by atoms with Crippen LogP contribution in [0, 0.1) is 0 Å². The van der Waals surface area contributed by atoms with Crippen LogP contribution in [0.2, 0.25) is 10.0 Å². The summed E-state index contributed by atoms with van der Waals surface area (Å²) in [7, 11) is 0. The average Bonchev–Trinajstić information content (AvgIpc) is 2.92. The highest BCUT2D eigenvalue weighted by Gasteiger charge is 2.25. The van der Waals surface area contributed by atoms with Gasteiger partial charge in [-0.2, -0.15) is 11.8 Å². The molecule has 1 heterocycles. The third-order valence-corrected chi connectivity index (χ3v) is 5.64. The van der Waals surface area contributed by atoms with Gasteiger partial charge in [-0.25, -0.2) is 0 Å². The maximum atomic E-state index is 6.29. The third kappa shape index (κ3) is 4.56. The molecule has 0 spiro atoms. The summed E-state index contributed by atoms with van der Waals surface area (Å²) < 4.78 is 0. The van der Waals surface area contributed by atoms with E-state index in [4.69, 9.17) is 23.2 Å². The summed E-state index contributed by atoms with van der Waals surface area (Å²) in [5.41, 5.74) is 1.16. The van der Waals surface area contributed by atoms with E-state index in [0.29, 0.717) is 11.3 Å². The Kier molecular flexibility index (Phi) is 6.34. The van der Waals surface area contributed by atoms with Gasteiger partial charge in [0.1, 0.15) is 0 Å². The molecule has 0 saturated carbocycles. The summed E-state index contributed by atoms with van der Waals surface area (Å²) in [6.45, 7) is 3.28. The van der Waals surface area contributed by atoms with Crippen LogP contribution in [-0.2, 0) is 6.42 Å². The van der Waals surface area contributed by atoms with Gasteiger partial charge in [-0.15, -0.1) is 0 Å². The molecular weight excluding hydrogens is 297 g/mol. The van der Waals surface area contributed by atoms with Gasteiger partial charge in [0.15, 0.2) is 0 Å². The van der Waals surface area contributed by atoms with Crippen LogP contribution in [-0.4, -0.2) is 23.6 Å². The maximum Gasteiger partial charge on any atom is 0.0439 e. The van der Waals surface area contributed by atoms with Crippen molar-refractivity contribution < 1.29 is 0 Å². The Labute approximate surface area is 130 Å². The summed E-state index contributed by atoms with van der Waals surface area (Å²) in [5, 5.41) is 5.99.